The number of aryl methyl sites for hydroxylation is 1. The summed E-state index contributed by atoms with van der Waals surface area (Å²) in [5.74, 6) is 0.988. The Morgan fingerprint density at radius 2 is 2.12 bits per heavy atom. The summed E-state index contributed by atoms with van der Waals surface area (Å²) in [6.45, 7) is 2.05. The normalized spacial score (nSPS) is 17.4. The summed E-state index contributed by atoms with van der Waals surface area (Å²) in [6, 6.07) is 5.93. The summed E-state index contributed by atoms with van der Waals surface area (Å²) in [5.41, 5.74) is 8.10. The van der Waals surface area contributed by atoms with E-state index in [1.54, 1.807) is 0 Å². The molecule has 16 heavy (non-hydrogen) atoms. The minimum atomic E-state index is 0. The van der Waals surface area contributed by atoms with Crippen molar-refractivity contribution in [2.75, 3.05) is 0 Å². The Morgan fingerprint density at radius 3 is 2.62 bits per heavy atom. The van der Waals surface area contributed by atoms with Gasteiger partial charge in [-0.15, -0.1) is 12.4 Å². The zero-order chi connectivity index (χ0) is 10.8. The molecule has 0 saturated heterocycles. The van der Waals surface area contributed by atoms with Crippen LogP contribution in [0.2, 0.25) is 0 Å². The molecule has 0 spiro atoms. The number of phenolic OH excluding ortho intramolecular Hbond substituents is 1. The van der Waals surface area contributed by atoms with E-state index in [9.17, 15) is 5.11 Å². The third-order valence-corrected chi connectivity index (χ3v) is 3.55. The van der Waals surface area contributed by atoms with Crippen molar-refractivity contribution in [3.05, 3.63) is 29.3 Å². The largest absolute Gasteiger partial charge is 0.507 e. The molecule has 1 saturated carbocycles. The van der Waals surface area contributed by atoms with Gasteiger partial charge in [0.2, 0.25) is 0 Å². The monoisotopic (exact) mass is 241 g/mol. The van der Waals surface area contributed by atoms with E-state index in [1.807, 2.05) is 25.1 Å². The summed E-state index contributed by atoms with van der Waals surface area (Å²) in [6.07, 6.45) is 4.55. The fraction of sp³-hybridized carbons (Fsp3) is 0.538. The van der Waals surface area contributed by atoms with Gasteiger partial charge in [-0.2, -0.15) is 0 Å². The molecule has 1 aromatic rings. The molecule has 3 heteroatoms. The quantitative estimate of drug-likeness (QED) is 0.854. The Bertz CT molecular complexity index is 350. The molecule has 1 fully saturated rings. The summed E-state index contributed by atoms with van der Waals surface area (Å²) < 4.78 is 0. The number of rotatable bonds is 3. The maximum absolute atomic E-state index is 10.0. The maximum Gasteiger partial charge on any atom is 0.123 e. The first-order valence-corrected chi connectivity index (χ1v) is 5.80. The lowest BCUT2D eigenvalue weighted by molar-refractivity contribution is 0.260. The SMILES string of the molecule is CCc1cccc([C@H](N)C2CCC2)c1O.Cl. The summed E-state index contributed by atoms with van der Waals surface area (Å²) in [7, 11) is 0. The summed E-state index contributed by atoms with van der Waals surface area (Å²) >= 11 is 0. The average molecular weight is 242 g/mol. The second kappa shape index (κ2) is 5.55. The maximum atomic E-state index is 10.0. The van der Waals surface area contributed by atoms with Gasteiger partial charge >= 0.3 is 0 Å². The van der Waals surface area contributed by atoms with Gasteiger partial charge in [0.25, 0.3) is 0 Å². The van der Waals surface area contributed by atoms with Gasteiger partial charge in [0.1, 0.15) is 5.75 Å². The van der Waals surface area contributed by atoms with Gasteiger partial charge in [-0.3, -0.25) is 0 Å². The summed E-state index contributed by atoms with van der Waals surface area (Å²) in [5, 5.41) is 10.0. The van der Waals surface area contributed by atoms with E-state index in [0.717, 1.165) is 17.5 Å². The van der Waals surface area contributed by atoms with Crippen molar-refractivity contribution in [2.24, 2.45) is 11.7 Å². The molecular formula is C13H20ClNO. The topological polar surface area (TPSA) is 46.2 Å². The molecule has 0 radical (unpaired) electrons. The molecule has 2 nitrogen and oxygen atoms in total. The molecular weight excluding hydrogens is 222 g/mol. The van der Waals surface area contributed by atoms with Crippen LogP contribution in [-0.4, -0.2) is 5.11 Å². The Hall–Kier alpha value is -0.730. The van der Waals surface area contributed by atoms with Crippen molar-refractivity contribution in [1.82, 2.24) is 0 Å². The lowest BCUT2D eigenvalue weighted by atomic mass is 9.77. The molecule has 0 amide bonds. The fourth-order valence-electron chi connectivity index (χ4n) is 2.22. The number of benzene rings is 1. The predicted molar refractivity (Wildman–Crippen MR) is 69.0 cm³/mol. The fourth-order valence-corrected chi connectivity index (χ4v) is 2.22. The van der Waals surface area contributed by atoms with Crippen molar-refractivity contribution < 1.29 is 5.11 Å². The highest BCUT2D eigenvalue weighted by Crippen LogP contribution is 2.39. The minimum Gasteiger partial charge on any atom is -0.507 e. The lowest BCUT2D eigenvalue weighted by Crippen LogP contribution is -2.26. The average Bonchev–Trinajstić information content (AvgIpc) is 2.15. The van der Waals surface area contributed by atoms with Gasteiger partial charge in [-0.25, -0.2) is 0 Å². The minimum absolute atomic E-state index is 0. The van der Waals surface area contributed by atoms with E-state index in [-0.39, 0.29) is 18.4 Å². The molecule has 0 bridgehead atoms. The highest BCUT2D eigenvalue weighted by Gasteiger charge is 2.27. The van der Waals surface area contributed by atoms with E-state index in [4.69, 9.17) is 5.73 Å². The standard InChI is InChI=1S/C13H19NO.ClH/c1-2-9-5-4-8-11(13(9)15)12(14)10-6-3-7-10;/h4-5,8,10,12,15H,2-3,6-7,14H2,1H3;1H/t12-;/m1./s1. The molecule has 3 N–H and O–H groups in total. The third-order valence-electron chi connectivity index (χ3n) is 3.55. The number of hydrogen-bond donors (Lipinski definition) is 2. The molecule has 90 valence electrons. The van der Waals surface area contributed by atoms with Crippen LogP contribution in [0.15, 0.2) is 18.2 Å². The van der Waals surface area contributed by atoms with E-state index < -0.39 is 0 Å². The molecule has 0 aromatic heterocycles. The van der Waals surface area contributed by atoms with Gasteiger partial charge in [0.05, 0.1) is 0 Å². The molecule has 1 atom stereocenters. The molecule has 0 heterocycles. The third kappa shape index (κ3) is 2.33. The van der Waals surface area contributed by atoms with E-state index in [1.165, 1.54) is 19.3 Å². The number of halogens is 1. The first kappa shape index (κ1) is 13.3. The molecule has 1 aliphatic carbocycles. The lowest BCUT2D eigenvalue weighted by Gasteiger charge is -2.32. The van der Waals surface area contributed by atoms with Gasteiger partial charge < -0.3 is 10.8 Å². The molecule has 0 aliphatic heterocycles. The van der Waals surface area contributed by atoms with Crippen molar-refractivity contribution in [1.29, 1.82) is 0 Å². The van der Waals surface area contributed by atoms with Crippen molar-refractivity contribution in [3.8, 4) is 5.75 Å². The molecule has 2 rings (SSSR count). The van der Waals surface area contributed by atoms with E-state index in [0.29, 0.717) is 11.7 Å². The molecule has 1 aliphatic rings. The van der Waals surface area contributed by atoms with Gasteiger partial charge in [0, 0.05) is 11.6 Å². The number of aromatic hydroxyl groups is 1. The van der Waals surface area contributed by atoms with Gasteiger partial charge in [-0.1, -0.05) is 31.5 Å². The first-order chi connectivity index (χ1) is 7.24. The van der Waals surface area contributed by atoms with Crippen LogP contribution < -0.4 is 5.73 Å². The van der Waals surface area contributed by atoms with Crippen LogP contribution in [0.5, 0.6) is 5.75 Å². The highest BCUT2D eigenvalue weighted by atomic mass is 35.5. The Kier molecular flexibility index (Phi) is 4.63. The predicted octanol–water partition coefficient (Wildman–Crippen LogP) is 3.18. The van der Waals surface area contributed by atoms with Crippen LogP contribution in [0, 0.1) is 5.92 Å². The van der Waals surface area contributed by atoms with Gasteiger partial charge in [0.15, 0.2) is 0 Å². The number of para-hydroxylation sites is 1. The summed E-state index contributed by atoms with van der Waals surface area (Å²) in [4.78, 5) is 0. The Balaban J connectivity index is 0.00000128. The number of hydrogen-bond acceptors (Lipinski definition) is 2. The molecule has 0 unspecified atom stereocenters. The van der Waals surface area contributed by atoms with Crippen LogP contribution in [0.1, 0.15) is 43.4 Å². The second-order valence-corrected chi connectivity index (χ2v) is 4.43. The van der Waals surface area contributed by atoms with Crippen LogP contribution in [0.3, 0.4) is 0 Å². The van der Waals surface area contributed by atoms with Gasteiger partial charge in [-0.05, 0) is 30.7 Å². The van der Waals surface area contributed by atoms with Crippen molar-refractivity contribution >= 4 is 12.4 Å². The zero-order valence-corrected chi connectivity index (χ0v) is 10.5. The Morgan fingerprint density at radius 1 is 1.44 bits per heavy atom. The zero-order valence-electron chi connectivity index (χ0n) is 9.65. The van der Waals surface area contributed by atoms with Crippen LogP contribution in [0.4, 0.5) is 0 Å². The van der Waals surface area contributed by atoms with Crippen LogP contribution >= 0.6 is 12.4 Å². The molecule has 1 aromatic carbocycles. The highest BCUT2D eigenvalue weighted by molar-refractivity contribution is 5.85. The van der Waals surface area contributed by atoms with E-state index in [2.05, 4.69) is 0 Å². The van der Waals surface area contributed by atoms with Crippen molar-refractivity contribution in [3.63, 3.8) is 0 Å². The first-order valence-electron chi connectivity index (χ1n) is 5.80. The van der Waals surface area contributed by atoms with Crippen LogP contribution in [-0.2, 0) is 6.42 Å². The number of nitrogens with two attached hydrogens (primary N) is 1. The number of phenols is 1. The second-order valence-electron chi connectivity index (χ2n) is 4.43. The van der Waals surface area contributed by atoms with E-state index >= 15 is 0 Å². The Labute approximate surface area is 103 Å². The van der Waals surface area contributed by atoms with Crippen molar-refractivity contribution in [2.45, 2.75) is 38.6 Å². The smallest absolute Gasteiger partial charge is 0.123 e. The van der Waals surface area contributed by atoms with Crippen LogP contribution in [0.25, 0.3) is 0 Å².